The van der Waals surface area contributed by atoms with E-state index in [9.17, 15) is 28.0 Å². The third kappa shape index (κ3) is 5.02. The maximum Gasteiger partial charge on any atom is 0.305 e. The van der Waals surface area contributed by atoms with Crippen molar-refractivity contribution in [2.24, 2.45) is 29.6 Å². The Morgan fingerprint density at radius 3 is 2.31 bits per heavy atom. The fourth-order valence-electron chi connectivity index (χ4n) is 8.21. The third-order valence-corrected chi connectivity index (χ3v) is 12.5. The minimum atomic E-state index is -0.497. The number of ether oxygens (including phenoxy) is 2. The fourth-order valence-corrected chi connectivity index (χ4v) is 11.1. The van der Waals surface area contributed by atoms with Crippen LogP contribution in [0.3, 0.4) is 0 Å². The Hall–Kier alpha value is -4.49. The van der Waals surface area contributed by atoms with Crippen LogP contribution < -0.4 is 24.6 Å². The molecule has 3 fully saturated rings. The highest BCUT2D eigenvalue weighted by molar-refractivity contribution is 8.00. The second-order valence-electron chi connectivity index (χ2n) is 12.4. The Kier molecular flexibility index (Phi) is 7.63. The van der Waals surface area contributed by atoms with Crippen LogP contribution in [0.25, 0.3) is 0 Å². The zero-order valence-corrected chi connectivity index (χ0v) is 27.1. The topological polar surface area (TPSA) is 118 Å². The maximum absolute atomic E-state index is 13.9. The monoisotopic (exact) mass is 689 g/mol. The molecule has 3 aromatic carbocycles. The van der Waals surface area contributed by atoms with Gasteiger partial charge < -0.3 is 19.8 Å². The van der Waals surface area contributed by atoms with Crippen LogP contribution in [0, 0.1) is 41.2 Å². The zero-order valence-electron chi connectivity index (χ0n) is 25.5. The molecule has 1 saturated heterocycles. The van der Waals surface area contributed by atoms with Crippen molar-refractivity contribution in [1.29, 1.82) is 0 Å². The third-order valence-electron chi connectivity index (χ3n) is 9.92. The van der Waals surface area contributed by atoms with Gasteiger partial charge in [-0.2, -0.15) is 0 Å². The maximum atomic E-state index is 13.9. The van der Waals surface area contributed by atoms with Crippen LogP contribution in [0.4, 0.5) is 20.2 Å². The number of thiazole rings is 1. The number of anilines is 2. The number of amides is 3. The zero-order chi connectivity index (χ0) is 33.3. The van der Waals surface area contributed by atoms with Crippen LogP contribution in [0.1, 0.15) is 29.7 Å². The minimum Gasteiger partial charge on any atom is -0.490 e. The van der Waals surface area contributed by atoms with E-state index in [1.807, 2.05) is 19.1 Å². The predicted molar refractivity (Wildman–Crippen MR) is 176 cm³/mol. The predicted octanol–water partition coefficient (Wildman–Crippen LogP) is 5.81. The van der Waals surface area contributed by atoms with E-state index in [1.165, 1.54) is 53.4 Å². The first-order valence-corrected chi connectivity index (χ1v) is 17.4. The number of nitrogens with zero attached hydrogens (tertiary/aromatic N) is 1. The van der Waals surface area contributed by atoms with E-state index in [0.717, 1.165) is 33.2 Å². The highest BCUT2D eigenvalue weighted by atomic mass is 32.2. The van der Waals surface area contributed by atoms with Crippen molar-refractivity contribution in [3.05, 3.63) is 98.5 Å². The van der Waals surface area contributed by atoms with E-state index in [1.54, 1.807) is 17.8 Å². The molecular formula is C35H29F2N3O6S2. The number of thioether (sulfide) groups is 1. The average Bonchev–Trinajstić information content (AvgIpc) is 3.81. The number of benzene rings is 3. The first-order chi connectivity index (χ1) is 23.2. The van der Waals surface area contributed by atoms with Gasteiger partial charge in [-0.25, -0.2) is 8.78 Å². The fraction of sp³-hybridized carbons (Fsp3) is 0.314. The number of imide groups is 1. The van der Waals surface area contributed by atoms with Crippen LogP contribution in [0.15, 0.2) is 76.6 Å². The molecule has 2 N–H and O–H groups in total. The molecular weight excluding hydrogens is 661 g/mol. The molecule has 3 amide bonds. The normalized spacial score (nSPS) is 26.6. The van der Waals surface area contributed by atoms with Gasteiger partial charge in [-0.3, -0.25) is 24.1 Å². The summed E-state index contributed by atoms with van der Waals surface area (Å²) in [6, 6.07) is 16.4. The quantitative estimate of drug-likeness (QED) is 0.224. The second-order valence-corrected chi connectivity index (χ2v) is 14.6. The summed E-state index contributed by atoms with van der Waals surface area (Å²) in [6.45, 7) is 1.87. The Labute approximate surface area is 281 Å². The summed E-state index contributed by atoms with van der Waals surface area (Å²) in [7, 11) is 0. The summed E-state index contributed by atoms with van der Waals surface area (Å²) >= 11 is 2.75. The number of nitrogens with one attached hydrogen (secondary N) is 2. The molecule has 2 aliphatic heterocycles. The molecule has 8 rings (SSSR count). The van der Waals surface area contributed by atoms with Crippen LogP contribution in [-0.4, -0.2) is 41.2 Å². The number of rotatable bonds is 8. The van der Waals surface area contributed by atoms with Crippen molar-refractivity contribution in [2.75, 3.05) is 23.4 Å². The highest BCUT2D eigenvalue weighted by Crippen LogP contribution is 2.68. The van der Waals surface area contributed by atoms with Crippen molar-refractivity contribution < 1.29 is 32.6 Å². The Morgan fingerprint density at radius 1 is 0.917 bits per heavy atom. The molecule has 0 spiro atoms. The highest BCUT2D eigenvalue weighted by Gasteiger charge is 2.69. The van der Waals surface area contributed by atoms with E-state index in [-0.39, 0.29) is 52.2 Å². The number of hydrogen-bond acceptors (Lipinski definition) is 8. The van der Waals surface area contributed by atoms with E-state index < -0.39 is 29.4 Å². The Balaban J connectivity index is 1.10. The molecule has 246 valence electrons. The van der Waals surface area contributed by atoms with Gasteiger partial charge in [-0.05, 0) is 97.3 Å². The lowest BCUT2D eigenvalue weighted by atomic mass is 9.68. The van der Waals surface area contributed by atoms with Crippen molar-refractivity contribution in [3.63, 3.8) is 0 Å². The molecule has 7 atom stereocenters. The lowest BCUT2D eigenvalue weighted by molar-refractivity contribution is -0.123. The van der Waals surface area contributed by atoms with Crippen LogP contribution in [-0.2, 0) is 14.4 Å². The second kappa shape index (κ2) is 11.9. The molecule has 4 aromatic rings. The SMILES string of the molecule is CCOc1cc([C@@H]2c3sc(=O)[nH]c3S[C@@H]3[C@@H]4C[C@@H]([C@@H]5C(=O)N(c6ccc(F)cc6)C(=O)[C@@H]45)[C@H]23)ccc1OCC(=O)Nc1ccc(F)cc1. The lowest BCUT2D eigenvalue weighted by Gasteiger charge is -2.43. The number of halogens is 2. The van der Waals surface area contributed by atoms with Gasteiger partial charge in [0, 0.05) is 21.7 Å². The van der Waals surface area contributed by atoms with Crippen LogP contribution in [0.2, 0.25) is 0 Å². The molecule has 4 aliphatic rings. The molecule has 2 saturated carbocycles. The van der Waals surface area contributed by atoms with E-state index in [4.69, 9.17) is 9.47 Å². The van der Waals surface area contributed by atoms with Gasteiger partial charge in [0.05, 0.1) is 29.2 Å². The van der Waals surface area contributed by atoms with E-state index in [2.05, 4.69) is 10.3 Å². The number of carbonyl (C=O) groups is 3. The smallest absolute Gasteiger partial charge is 0.305 e. The molecule has 3 heterocycles. The summed E-state index contributed by atoms with van der Waals surface area (Å²) in [4.78, 5) is 58.0. The first kappa shape index (κ1) is 30.8. The van der Waals surface area contributed by atoms with Gasteiger partial charge in [0.2, 0.25) is 11.8 Å². The summed E-state index contributed by atoms with van der Waals surface area (Å²) in [5.41, 5.74) is 1.69. The molecule has 0 unspecified atom stereocenters. The summed E-state index contributed by atoms with van der Waals surface area (Å²) in [5.74, 6) is -2.40. The average molecular weight is 690 g/mol. The Morgan fingerprint density at radius 2 is 1.60 bits per heavy atom. The minimum absolute atomic E-state index is 0.00875. The largest absolute Gasteiger partial charge is 0.490 e. The number of carbonyl (C=O) groups excluding carboxylic acids is 3. The molecule has 2 aliphatic carbocycles. The van der Waals surface area contributed by atoms with Crippen molar-refractivity contribution in [2.45, 2.75) is 29.5 Å². The summed E-state index contributed by atoms with van der Waals surface area (Å²) in [5, 5.41) is 3.44. The number of hydrogen-bond donors (Lipinski definition) is 2. The molecule has 13 heteroatoms. The number of fused-ring (bicyclic) bond motifs is 9. The van der Waals surface area contributed by atoms with Crippen molar-refractivity contribution >= 4 is 52.2 Å². The van der Waals surface area contributed by atoms with Gasteiger partial charge in [0.15, 0.2) is 18.1 Å². The van der Waals surface area contributed by atoms with E-state index in [0.29, 0.717) is 29.5 Å². The van der Waals surface area contributed by atoms with Crippen molar-refractivity contribution in [1.82, 2.24) is 4.98 Å². The molecule has 9 nitrogen and oxygen atoms in total. The van der Waals surface area contributed by atoms with Crippen LogP contribution >= 0.6 is 23.1 Å². The van der Waals surface area contributed by atoms with Crippen LogP contribution in [0.5, 0.6) is 11.5 Å². The van der Waals surface area contributed by atoms with E-state index >= 15 is 0 Å². The summed E-state index contributed by atoms with van der Waals surface area (Å²) < 4.78 is 38.8. The molecule has 48 heavy (non-hydrogen) atoms. The van der Waals surface area contributed by atoms with Gasteiger partial charge in [-0.15, -0.1) is 11.8 Å². The molecule has 1 aromatic heterocycles. The lowest BCUT2D eigenvalue weighted by Crippen LogP contribution is -2.42. The van der Waals surface area contributed by atoms with Gasteiger partial charge in [-0.1, -0.05) is 17.4 Å². The number of aromatic amines is 1. The van der Waals surface area contributed by atoms with Gasteiger partial charge in [0.25, 0.3) is 5.91 Å². The van der Waals surface area contributed by atoms with Gasteiger partial charge in [0.1, 0.15) is 11.6 Å². The van der Waals surface area contributed by atoms with Crippen molar-refractivity contribution in [3.8, 4) is 11.5 Å². The van der Waals surface area contributed by atoms with Gasteiger partial charge >= 0.3 is 4.87 Å². The number of H-pyrrole nitrogens is 1. The summed E-state index contributed by atoms with van der Waals surface area (Å²) in [6.07, 6.45) is 0.727. The standard InChI is InChI=1S/C35H29F2N3O6S2/c1-2-45-24-13-16(3-12-23(24)46-15-25(41)38-19-8-4-17(36)5-9-19)26-27-21-14-22(30(27)47-32-31(26)48-35(44)39-32)29-28(21)33(42)40(34(29)43)20-10-6-18(37)7-11-20/h3-13,21-22,26-30H,2,14-15H2,1H3,(H,38,41)(H,39,44)/t21-,22-,26+,27-,28+,29+,30-/m1/s1. The molecule has 0 radical (unpaired) electrons. The Bertz CT molecular complexity index is 2000. The first-order valence-electron chi connectivity index (χ1n) is 15.7. The number of aromatic nitrogens is 1. The molecule has 2 bridgehead atoms.